The van der Waals surface area contributed by atoms with Crippen LogP contribution in [0.3, 0.4) is 0 Å². The summed E-state index contributed by atoms with van der Waals surface area (Å²) in [6, 6.07) is 16.2. The molecule has 121 valence electrons. The SMILES string of the molecule is CCc1ccc(-c2cccc3c2C(C)=C(C2CCCC2)[CH]3[Zr])cc1. The summed E-state index contributed by atoms with van der Waals surface area (Å²) in [4.78, 5) is 0. The summed E-state index contributed by atoms with van der Waals surface area (Å²) in [6.45, 7) is 4.61. The molecule has 2 aliphatic rings. The van der Waals surface area contributed by atoms with Crippen LogP contribution in [0.5, 0.6) is 0 Å². The first-order valence-corrected chi connectivity index (χ1v) is 10.8. The number of hydrogen-bond acceptors (Lipinski definition) is 0. The summed E-state index contributed by atoms with van der Waals surface area (Å²) in [5.41, 5.74) is 10.7. The average Bonchev–Trinajstić information content (AvgIpc) is 3.22. The normalized spacial score (nSPS) is 20.6. The van der Waals surface area contributed by atoms with Crippen molar-refractivity contribution in [3.05, 3.63) is 64.7 Å². The van der Waals surface area contributed by atoms with E-state index in [2.05, 4.69) is 56.3 Å². The number of aryl methyl sites for hydroxylation is 1. The topological polar surface area (TPSA) is 0 Å². The first kappa shape index (κ1) is 16.5. The predicted octanol–water partition coefficient (Wildman–Crippen LogP) is 6.48. The molecule has 0 bridgehead atoms. The number of rotatable bonds is 3. The molecule has 0 aliphatic heterocycles. The van der Waals surface area contributed by atoms with Crippen LogP contribution in [-0.4, -0.2) is 0 Å². The van der Waals surface area contributed by atoms with Crippen LogP contribution in [0, 0.1) is 5.92 Å². The fourth-order valence-corrected chi connectivity index (χ4v) is 6.40. The first-order valence-electron chi connectivity index (χ1n) is 9.35. The monoisotopic (exact) mass is 391 g/mol. The van der Waals surface area contributed by atoms with Gasteiger partial charge in [0.1, 0.15) is 0 Å². The van der Waals surface area contributed by atoms with Crippen molar-refractivity contribution >= 4 is 5.57 Å². The van der Waals surface area contributed by atoms with Gasteiger partial charge in [-0.05, 0) is 0 Å². The van der Waals surface area contributed by atoms with Crippen LogP contribution in [0.2, 0.25) is 0 Å². The molecule has 0 nitrogen and oxygen atoms in total. The van der Waals surface area contributed by atoms with Crippen molar-refractivity contribution in [3.63, 3.8) is 0 Å². The molecule has 1 saturated carbocycles. The van der Waals surface area contributed by atoms with Crippen LogP contribution < -0.4 is 0 Å². The minimum atomic E-state index is 0.685. The zero-order valence-corrected chi connectivity index (χ0v) is 17.2. The zero-order valence-electron chi connectivity index (χ0n) is 14.7. The molecule has 1 atom stereocenters. The van der Waals surface area contributed by atoms with Gasteiger partial charge in [0, 0.05) is 0 Å². The van der Waals surface area contributed by atoms with Crippen LogP contribution in [0.4, 0.5) is 0 Å². The molecule has 0 aromatic heterocycles. The fraction of sp³-hybridized carbons (Fsp3) is 0.391. The summed E-state index contributed by atoms with van der Waals surface area (Å²) in [7, 11) is 0. The Hall–Kier alpha value is -0.937. The second kappa shape index (κ2) is 6.76. The van der Waals surface area contributed by atoms with Crippen LogP contribution in [-0.2, 0) is 31.1 Å². The third-order valence-corrected chi connectivity index (χ3v) is 7.52. The van der Waals surface area contributed by atoms with Crippen molar-refractivity contribution in [1.29, 1.82) is 0 Å². The summed E-state index contributed by atoms with van der Waals surface area (Å²) >= 11 is 1.65. The molecule has 1 unspecified atom stereocenters. The van der Waals surface area contributed by atoms with E-state index in [1.165, 1.54) is 42.4 Å². The summed E-state index contributed by atoms with van der Waals surface area (Å²) in [6.07, 6.45) is 6.77. The van der Waals surface area contributed by atoms with Crippen molar-refractivity contribution in [2.45, 2.75) is 49.6 Å². The van der Waals surface area contributed by atoms with Crippen molar-refractivity contribution in [2.24, 2.45) is 5.92 Å². The van der Waals surface area contributed by atoms with Crippen LogP contribution >= 0.6 is 0 Å². The second-order valence-corrected chi connectivity index (χ2v) is 8.73. The standard InChI is InChI=1S/C23H25.Zr/c1-3-17-11-13-19(14-12-17)21-10-6-9-20-15-22(16(2)23(20)21)18-7-4-5-8-18;/h6,9-15,18H,3-5,7-8H2,1-2H3;. The third kappa shape index (κ3) is 2.70. The van der Waals surface area contributed by atoms with Gasteiger partial charge in [0.2, 0.25) is 0 Å². The number of hydrogen-bond donors (Lipinski definition) is 0. The molecule has 2 aliphatic carbocycles. The van der Waals surface area contributed by atoms with E-state index in [1.807, 2.05) is 0 Å². The fourth-order valence-electron chi connectivity index (χ4n) is 4.70. The molecule has 0 spiro atoms. The molecule has 4 rings (SSSR count). The van der Waals surface area contributed by atoms with Gasteiger partial charge < -0.3 is 0 Å². The minimum absolute atomic E-state index is 0.685. The summed E-state index contributed by atoms with van der Waals surface area (Å²) in [5.74, 6) is 0.844. The van der Waals surface area contributed by atoms with E-state index in [0.717, 1.165) is 12.3 Å². The van der Waals surface area contributed by atoms with Crippen molar-refractivity contribution in [3.8, 4) is 11.1 Å². The van der Waals surface area contributed by atoms with E-state index in [9.17, 15) is 0 Å². The molecular formula is C23H25Zr. The van der Waals surface area contributed by atoms with Crippen molar-refractivity contribution < 1.29 is 24.7 Å². The number of fused-ring (bicyclic) bond motifs is 1. The maximum atomic E-state index is 2.39. The van der Waals surface area contributed by atoms with E-state index < -0.39 is 0 Å². The first-order chi connectivity index (χ1) is 11.7. The van der Waals surface area contributed by atoms with Gasteiger partial charge in [-0.2, -0.15) is 0 Å². The maximum absolute atomic E-state index is 2.39. The molecule has 0 radical (unpaired) electrons. The Morgan fingerprint density at radius 2 is 1.71 bits per heavy atom. The van der Waals surface area contributed by atoms with E-state index in [-0.39, 0.29) is 0 Å². The van der Waals surface area contributed by atoms with Crippen LogP contribution in [0.1, 0.15) is 59.8 Å². The van der Waals surface area contributed by atoms with E-state index in [4.69, 9.17) is 0 Å². The van der Waals surface area contributed by atoms with Gasteiger partial charge in [-0.15, -0.1) is 0 Å². The van der Waals surface area contributed by atoms with E-state index in [1.54, 1.807) is 47.0 Å². The number of benzene rings is 2. The predicted molar refractivity (Wildman–Crippen MR) is 98.5 cm³/mol. The molecule has 0 amide bonds. The van der Waals surface area contributed by atoms with Gasteiger partial charge in [0.05, 0.1) is 0 Å². The van der Waals surface area contributed by atoms with Gasteiger partial charge in [-0.3, -0.25) is 0 Å². The van der Waals surface area contributed by atoms with Crippen molar-refractivity contribution in [1.82, 2.24) is 0 Å². The molecule has 2 aromatic carbocycles. The molecule has 1 fully saturated rings. The van der Waals surface area contributed by atoms with Gasteiger partial charge in [-0.1, -0.05) is 0 Å². The Morgan fingerprint density at radius 1 is 1.00 bits per heavy atom. The van der Waals surface area contributed by atoms with Gasteiger partial charge in [-0.25, -0.2) is 0 Å². The molecule has 1 heteroatoms. The Labute approximate surface area is 161 Å². The number of allylic oxidation sites excluding steroid dienone is 2. The molecule has 0 heterocycles. The van der Waals surface area contributed by atoms with E-state index >= 15 is 0 Å². The van der Waals surface area contributed by atoms with E-state index in [0.29, 0.717) is 3.63 Å². The molecule has 2 aromatic rings. The Bertz CT molecular complexity index is 776. The van der Waals surface area contributed by atoms with Gasteiger partial charge >= 0.3 is 162 Å². The third-order valence-electron chi connectivity index (χ3n) is 5.99. The molecule has 24 heavy (non-hydrogen) atoms. The summed E-state index contributed by atoms with van der Waals surface area (Å²) < 4.78 is 0.685. The summed E-state index contributed by atoms with van der Waals surface area (Å²) in [5, 5.41) is 0. The van der Waals surface area contributed by atoms with Gasteiger partial charge in [0.25, 0.3) is 0 Å². The van der Waals surface area contributed by atoms with Gasteiger partial charge in [0.15, 0.2) is 0 Å². The van der Waals surface area contributed by atoms with Crippen LogP contribution in [0.15, 0.2) is 48.0 Å². The Kier molecular flexibility index (Phi) is 4.65. The van der Waals surface area contributed by atoms with Crippen molar-refractivity contribution in [2.75, 3.05) is 0 Å². The zero-order chi connectivity index (χ0) is 16.7. The Morgan fingerprint density at radius 3 is 2.38 bits per heavy atom. The quantitative estimate of drug-likeness (QED) is 0.560. The Balaban J connectivity index is 1.82. The van der Waals surface area contributed by atoms with Crippen LogP contribution in [0.25, 0.3) is 16.7 Å². The second-order valence-electron chi connectivity index (χ2n) is 7.32. The molecule has 0 N–H and O–H groups in total. The average molecular weight is 393 g/mol. The molecular weight excluding hydrogens is 367 g/mol. The molecule has 0 saturated heterocycles.